The van der Waals surface area contributed by atoms with Crippen LogP contribution in [0.25, 0.3) is 0 Å². The Kier molecular flexibility index (Phi) is 4.48. The van der Waals surface area contributed by atoms with E-state index in [9.17, 15) is 0 Å². The second-order valence-electron chi connectivity index (χ2n) is 3.26. The van der Waals surface area contributed by atoms with Gasteiger partial charge in [0.05, 0.1) is 6.04 Å². The van der Waals surface area contributed by atoms with E-state index in [2.05, 4.69) is 4.98 Å². The minimum atomic E-state index is -0.426. The van der Waals surface area contributed by atoms with Crippen molar-refractivity contribution in [1.82, 2.24) is 4.98 Å². The maximum absolute atomic E-state index is 5.91. The highest BCUT2D eigenvalue weighted by Crippen LogP contribution is 2.11. The number of anilines is 1. The molecule has 15 heavy (non-hydrogen) atoms. The van der Waals surface area contributed by atoms with E-state index in [-0.39, 0.29) is 6.04 Å². The minimum absolute atomic E-state index is 0.258. The van der Waals surface area contributed by atoms with Gasteiger partial charge in [-0.3, -0.25) is 0 Å². The van der Waals surface area contributed by atoms with Gasteiger partial charge >= 0.3 is 0 Å². The van der Waals surface area contributed by atoms with Crippen LogP contribution in [0.15, 0.2) is 18.3 Å². The van der Waals surface area contributed by atoms with E-state index in [1.54, 1.807) is 20.4 Å². The van der Waals surface area contributed by atoms with Crippen LogP contribution in [0.4, 0.5) is 5.82 Å². The van der Waals surface area contributed by atoms with Crippen molar-refractivity contribution in [2.75, 3.05) is 20.0 Å². The average Bonchev–Trinajstić information content (AvgIpc) is 2.23. The van der Waals surface area contributed by atoms with Crippen LogP contribution < -0.4 is 11.5 Å². The van der Waals surface area contributed by atoms with Crippen LogP contribution in [0.1, 0.15) is 5.56 Å². The molecular weight excluding hydrogens is 194 g/mol. The van der Waals surface area contributed by atoms with Crippen molar-refractivity contribution in [2.24, 2.45) is 5.73 Å². The Hall–Kier alpha value is -1.17. The van der Waals surface area contributed by atoms with Gasteiger partial charge in [0.2, 0.25) is 0 Å². The lowest BCUT2D eigenvalue weighted by Crippen LogP contribution is -2.39. The van der Waals surface area contributed by atoms with Crippen molar-refractivity contribution in [3.05, 3.63) is 23.9 Å². The molecule has 0 amide bonds. The monoisotopic (exact) mass is 211 g/mol. The largest absolute Gasteiger partial charge is 0.383 e. The molecule has 0 radical (unpaired) electrons. The summed E-state index contributed by atoms with van der Waals surface area (Å²) < 4.78 is 10.1. The van der Waals surface area contributed by atoms with Gasteiger partial charge < -0.3 is 20.9 Å². The highest BCUT2D eigenvalue weighted by atomic mass is 16.7. The zero-order valence-electron chi connectivity index (χ0n) is 9.01. The van der Waals surface area contributed by atoms with Gasteiger partial charge in [-0.1, -0.05) is 6.07 Å². The van der Waals surface area contributed by atoms with Gasteiger partial charge in [-0.15, -0.1) is 0 Å². The highest BCUT2D eigenvalue weighted by Gasteiger charge is 2.17. The molecule has 5 nitrogen and oxygen atoms in total. The van der Waals surface area contributed by atoms with Crippen LogP contribution in [0.2, 0.25) is 0 Å². The topological polar surface area (TPSA) is 83.4 Å². The van der Waals surface area contributed by atoms with E-state index >= 15 is 0 Å². The summed E-state index contributed by atoms with van der Waals surface area (Å²) in [5, 5.41) is 0. The molecule has 0 bridgehead atoms. The zero-order valence-corrected chi connectivity index (χ0v) is 9.01. The number of ether oxygens (including phenoxy) is 2. The van der Waals surface area contributed by atoms with Crippen molar-refractivity contribution in [2.45, 2.75) is 18.8 Å². The average molecular weight is 211 g/mol. The first kappa shape index (κ1) is 11.9. The molecule has 0 aliphatic carbocycles. The third-order valence-electron chi connectivity index (χ3n) is 2.20. The Morgan fingerprint density at radius 2 is 2.07 bits per heavy atom. The van der Waals surface area contributed by atoms with Gasteiger partial charge in [-0.2, -0.15) is 0 Å². The van der Waals surface area contributed by atoms with Crippen molar-refractivity contribution >= 4 is 5.82 Å². The lowest BCUT2D eigenvalue weighted by atomic mass is 10.1. The third-order valence-corrected chi connectivity index (χ3v) is 2.20. The number of hydrogen-bond donors (Lipinski definition) is 2. The first-order chi connectivity index (χ1) is 7.19. The molecule has 1 heterocycles. The van der Waals surface area contributed by atoms with E-state index in [1.165, 1.54) is 0 Å². The molecule has 1 aromatic rings. The van der Waals surface area contributed by atoms with Gasteiger partial charge in [-0.05, 0) is 18.1 Å². The van der Waals surface area contributed by atoms with Gasteiger partial charge in [0.15, 0.2) is 6.29 Å². The predicted octanol–water partition coefficient (Wildman–Crippen LogP) is 0.153. The maximum Gasteiger partial charge on any atom is 0.172 e. The molecule has 1 unspecified atom stereocenters. The molecule has 0 aromatic carbocycles. The lowest BCUT2D eigenvalue weighted by molar-refractivity contribution is -0.115. The number of rotatable bonds is 5. The number of nitrogens with zero attached hydrogens (tertiary/aromatic N) is 1. The van der Waals surface area contributed by atoms with Crippen LogP contribution in [-0.2, 0) is 15.9 Å². The predicted molar refractivity (Wildman–Crippen MR) is 58.1 cm³/mol. The molecule has 84 valence electrons. The molecule has 0 aliphatic rings. The molecule has 0 spiro atoms. The molecule has 5 heteroatoms. The lowest BCUT2D eigenvalue weighted by Gasteiger charge is -2.21. The molecule has 1 atom stereocenters. The van der Waals surface area contributed by atoms with E-state index in [4.69, 9.17) is 20.9 Å². The Balaban J connectivity index is 2.65. The molecule has 1 aromatic heterocycles. The fourth-order valence-corrected chi connectivity index (χ4v) is 1.42. The summed E-state index contributed by atoms with van der Waals surface area (Å²) in [6, 6.07) is 3.46. The SMILES string of the molecule is COC(OC)C(N)Cc1cccnc1N. The summed E-state index contributed by atoms with van der Waals surface area (Å²) in [5.41, 5.74) is 12.5. The smallest absolute Gasteiger partial charge is 0.172 e. The maximum atomic E-state index is 5.91. The van der Waals surface area contributed by atoms with E-state index in [0.717, 1.165) is 5.56 Å². The molecule has 0 aliphatic heterocycles. The number of nitrogen functional groups attached to an aromatic ring is 1. The molecular formula is C10H17N3O2. The number of nitrogens with two attached hydrogens (primary N) is 2. The summed E-state index contributed by atoms with van der Waals surface area (Å²) in [5.74, 6) is 0.499. The highest BCUT2D eigenvalue weighted by molar-refractivity contribution is 5.38. The molecule has 0 fully saturated rings. The first-order valence-electron chi connectivity index (χ1n) is 4.69. The second-order valence-corrected chi connectivity index (χ2v) is 3.26. The molecule has 0 saturated carbocycles. The molecule has 1 rings (SSSR count). The third kappa shape index (κ3) is 3.16. The van der Waals surface area contributed by atoms with E-state index in [0.29, 0.717) is 12.2 Å². The normalized spacial score (nSPS) is 13.1. The standard InChI is InChI=1S/C10H17N3O2/c1-14-10(15-2)8(11)6-7-4-3-5-13-9(7)12/h3-5,8,10H,6,11H2,1-2H3,(H2,12,13). The first-order valence-corrected chi connectivity index (χ1v) is 4.69. The van der Waals surface area contributed by atoms with E-state index in [1.807, 2.05) is 12.1 Å². The van der Waals surface area contributed by atoms with Crippen LogP contribution in [0.3, 0.4) is 0 Å². The van der Waals surface area contributed by atoms with Gasteiger partial charge in [-0.25, -0.2) is 4.98 Å². The fourth-order valence-electron chi connectivity index (χ4n) is 1.42. The van der Waals surface area contributed by atoms with Gasteiger partial charge in [0.1, 0.15) is 5.82 Å². The number of pyridine rings is 1. The summed E-state index contributed by atoms with van der Waals surface area (Å²) in [4.78, 5) is 3.98. The Morgan fingerprint density at radius 1 is 1.40 bits per heavy atom. The van der Waals surface area contributed by atoms with Gasteiger partial charge in [0, 0.05) is 20.4 Å². The number of methoxy groups -OCH3 is 2. The quantitative estimate of drug-likeness (QED) is 0.677. The fraction of sp³-hybridized carbons (Fsp3) is 0.500. The van der Waals surface area contributed by atoms with Crippen molar-refractivity contribution in [3.8, 4) is 0 Å². The summed E-state index contributed by atoms with van der Waals surface area (Å²) >= 11 is 0. The summed E-state index contributed by atoms with van der Waals surface area (Å²) in [6.07, 6.45) is 1.80. The van der Waals surface area contributed by atoms with Crippen LogP contribution in [0.5, 0.6) is 0 Å². The summed E-state index contributed by atoms with van der Waals surface area (Å²) in [7, 11) is 3.11. The zero-order chi connectivity index (χ0) is 11.3. The molecule has 4 N–H and O–H groups in total. The van der Waals surface area contributed by atoms with Crippen molar-refractivity contribution in [3.63, 3.8) is 0 Å². The van der Waals surface area contributed by atoms with E-state index < -0.39 is 6.29 Å². The Labute approximate surface area is 89.4 Å². The van der Waals surface area contributed by atoms with Crippen molar-refractivity contribution < 1.29 is 9.47 Å². The van der Waals surface area contributed by atoms with Crippen molar-refractivity contribution in [1.29, 1.82) is 0 Å². The Bertz CT molecular complexity index is 302. The number of hydrogen-bond acceptors (Lipinski definition) is 5. The van der Waals surface area contributed by atoms with Crippen LogP contribution in [0, 0.1) is 0 Å². The second kappa shape index (κ2) is 5.65. The van der Waals surface area contributed by atoms with Crippen LogP contribution in [-0.4, -0.2) is 31.5 Å². The Morgan fingerprint density at radius 3 is 2.60 bits per heavy atom. The molecule has 0 saturated heterocycles. The number of aromatic nitrogens is 1. The summed E-state index contributed by atoms with van der Waals surface area (Å²) in [6.45, 7) is 0. The van der Waals surface area contributed by atoms with Gasteiger partial charge in [0.25, 0.3) is 0 Å². The van der Waals surface area contributed by atoms with Crippen LogP contribution >= 0.6 is 0 Å². The minimum Gasteiger partial charge on any atom is -0.383 e.